The molecule has 4 heterocycles. The van der Waals surface area contributed by atoms with E-state index in [1.165, 1.54) is 6.92 Å². The van der Waals surface area contributed by atoms with E-state index >= 15 is 0 Å². The first-order chi connectivity index (χ1) is 21.9. The number of carbonyl (C=O) groups excluding carboxylic acids is 3. The molecule has 2 N–H and O–H groups in total. The van der Waals surface area contributed by atoms with Gasteiger partial charge in [-0.2, -0.15) is 0 Å². The summed E-state index contributed by atoms with van der Waals surface area (Å²) in [7, 11) is 0. The van der Waals surface area contributed by atoms with Crippen LogP contribution >= 0.6 is 0 Å². The molecule has 0 aliphatic carbocycles. The Labute approximate surface area is 261 Å². The van der Waals surface area contributed by atoms with Crippen molar-refractivity contribution < 1.29 is 38.5 Å². The van der Waals surface area contributed by atoms with E-state index in [4.69, 9.17) is 24.1 Å². The van der Waals surface area contributed by atoms with Crippen molar-refractivity contribution in [2.24, 2.45) is 0 Å². The molecule has 3 amide bonds. The lowest BCUT2D eigenvalue weighted by atomic mass is 9.87. The number of hydrogen-bond donors (Lipinski definition) is 2. The molecule has 4 aliphatic heterocycles. The lowest BCUT2D eigenvalue weighted by Crippen LogP contribution is -2.42. The van der Waals surface area contributed by atoms with Crippen LogP contribution in [0.15, 0.2) is 60.7 Å². The maximum atomic E-state index is 14.0. The van der Waals surface area contributed by atoms with Gasteiger partial charge in [-0.15, -0.1) is 0 Å². The summed E-state index contributed by atoms with van der Waals surface area (Å²) in [5.41, 5.74) is 4.89. The van der Waals surface area contributed by atoms with Gasteiger partial charge in [-0.25, -0.2) is 0 Å². The van der Waals surface area contributed by atoms with Crippen molar-refractivity contribution in [2.45, 2.75) is 32.2 Å². The predicted molar refractivity (Wildman–Crippen MR) is 165 cm³/mol. The SMILES string of the molecule is CC(=O)NCC(=O)N1CCCOc2cccc(c2)C2c3ccc(cc3CCN2C(=O)c2ccc3c(c2)CCO3)OCC1.O=CO. The number of rotatable bonds is 3. The average Bonchev–Trinajstić information content (AvgIpc) is 3.52. The lowest BCUT2D eigenvalue weighted by Gasteiger charge is -2.38. The number of hydrogen-bond acceptors (Lipinski definition) is 7. The number of amides is 3. The predicted octanol–water partition coefficient (Wildman–Crippen LogP) is 3.24. The van der Waals surface area contributed by atoms with Gasteiger partial charge in [0.2, 0.25) is 11.8 Å². The molecule has 45 heavy (non-hydrogen) atoms. The Kier molecular flexibility index (Phi) is 10.2. The quantitative estimate of drug-likeness (QED) is 0.429. The summed E-state index contributed by atoms with van der Waals surface area (Å²) in [4.78, 5) is 50.1. The number of ether oxygens (including phenoxy) is 3. The molecule has 1 unspecified atom stereocenters. The number of carboxylic acid groups (broad SMARTS) is 1. The fourth-order valence-corrected chi connectivity index (χ4v) is 5.92. The molecule has 0 aromatic heterocycles. The highest BCUT2D eigenvalue weighted by atomic mass is 16.5. The van der Waals surface area contributed by atoms with Crippen molar-refractivity contribution in [3.05, 3.63) is 88.5 Å². The Morgan fingerprint density at radius 2 is 1.69 bits per heavy atom. The van der Waals surface area contributed by atoms with Crippen LogP contribution in [0.1, 0.15) is 52.0 Å². The number of benzene rings is 3. The Bertz CT molecular complexity index is 1560. The molecule has 6 bridgehead atoms. The van der Waals surface area contributed by atoms with Crippen LogP contribution in [0.5, 0.6) is 17.2 Å². The van der Waals surface area contributed by atoms with Crippen molar-refractivity contribution in [2.75, 3.05) is 46.0 Å². The molecule has 11 nitrogen and oxygen atoms in total. The van der Waals surface area contributed by atoms with Gasteiger partial charge in [0.25, 0.3) is 12.4 Å². The van der Waals surface area contributed by atoms with Crippen LogP contribution in [-0.2, 0) is 27.2 Å². The van der Waals surface area contributed by atoms with Gasteiger partial charge in [-0.05, 0) is 77.6 Å². The normalized spacial score (nSPS) is 17.0. The van der Waals surface area contributed by atoms with Crippen LogP contribution in [0.25, 0.3) is 0 Å². The van der Waals surface area contributed by atoms with Crippen LogP contribution < -0.4 is 19.5 Å². The smallest absolute Gasteiger partial charge is 0.290 e. The van der Waals surface area contributed by atoms with E-state index in [0.717, 1.165) is 40.2 Å². The monoisotopic (exact) mass is 615 g/mol. The molecule has 0 radical (unpaired) electrons. The number of nitrogens with one attached hydrogen (secondary N) is 1. The lowest BCUT2D eigenvalue weighted by molar-refractivity contribution is -0.133. The van der Waals surface area contributed by atoms with Gasteiger partial charge in [-0.3, -0.25) is 19.2 Å². The first-order valence-electron chi connectivity index (χ1n) is 15.0. The highest BCUT2D eigenvalue weighted by Crippen LogP contribution is 2.39. The van der Waals surface area contributed by atoms with Crippen LogP contribution in [0.3, 0.4) is 0 Å². The fourth-order valence-electron chi connectivity index (χ4n) is 5.92. The van der Waals surface area contributed by atoms with E-state index in [-0.39, 0.29) is 36.8 Å². The molecule has 3 aromatic rings. The molecule has 7 rings (SSSR count). The second kappa shape index (κ2) is 14.6. The molecule has 236 valence electrons. The Hall–Kier alpha value is -5.06. The second-order valence-electron chi connectivity index (χ2n) is 11.0. The zero-order valence-corrected chi connectivity index (χ0v) is 25.2. The molecular formula is C34H37N3O8. The Morgan fingerprint density at radius 1 is 0.889 bits per heavy atom. The van der Waals surface area contributed by atoms with Crippen molar-refractivity contribution in [3.8, 4) is 17.2 Å². The first-order valence-corrected chi connectivity index (χ1v) is 15.0. The molecule has 4 aliphatic rings. The van der Waals surface area contributed by atoms with Gasteiger partial charge in [-0.1, -0.05) is 18.2 Å². The summed E-state index contributed by atoms with van der Waals surface area (Å²) in [6.07, 6.45) is 2.12. The highest BCUT2D eigenvalue weighted by Gasteiger charge is 2.33. The maximum Gasteiger partial charge on any atom is 0.290 e. The van der Waals surface area contributed by atoms with Gasteiger partial charge >= 0.3 is 0 Å². The van der Waals surface area contributed by atoms with E-state index in [0.29, 0.717) is 63.6 Å². The highest BCUT2D eigenvalue weighted by molar-refractivity contribution is 5.95. The molecule has 3 aromatic carbocycles. The molecule has 0 saturated heterocycles. The third-order valence-corrected chi connectivity index (χ3v) is 8.03. The molecule has 1 atom stereocenters. The van der Waals surface area contributed by atoms with E-state index < -0.39 is 0 Å². The van der Waals surface area contributed by atoms with E-state index in [1.807, 2.05) is 65.6 Å². The topological polar surface area (TPSA) is 135 Å². The summed E-state index contributed by atoms with van der Waals surface area (Å²) in [5.74, 6) is 1.88. The number of nitrogens with zero attached hydrogens (tertiary/aromatic N) is 2. The summed E-state index contributed by atoms with van der Waals surface area (Å²) in [6.45, 7) is 3.90. The minimum atomic E-state index is -0.279. The second-order valence-corrected chi connectivity index (χ2v) is 11.0. The third-order valence-electron chi connectivity index (χ3n) is 8.03. The maximum absolute atomic E-state index is 14.0. The minimum Gasteiger partial charge on any atom is -0.494 e. The van der Waals surface area contributed by atoms with Crippen molar-refractivity contribution in [3.63, 3.8) is 0 Å². The van der Waals surface area contributed by atoms with Crippen LogP contribution in [-0.4, -0.2) is 85.1 Å². The zero-order chi connectivity index (χ0) is 31.8. The van der Waals surface area contributed by atoms with Crippen LogP contribution in [0, 0.1) is 0 Å². The van der Waals surface area contributed by atoms with Crippen LogP contribution in [0.2, 0.25) is 0 Å². The molecular weight excluding hydrogens is 578 g/mol. The van der Waals surface area contributed by atoms with Crippen LogP contribution in [0.4, 0.5) is 0 Å². The van der Waals surface area contributed by atoms with Crippen molar-refractivity contribution >= 4 is 24.2 Å². The zero-order valence-electron chi connectivity index (χ0n) is 25.2. The van der Waals surface area contributed by atoms with Gasteiger partial charge in [0.15, 0.2) is 0 Å². The Balaban J connectivity index is 0.00000128. The van der Waals surface area contributed by atoms with Gasteiger partial charge in [0.05, 0.1) is 32.3 Å². The largest absolute Gasteiger partial charge is 0.494 e. The van der Waals surface area contributed by atoms with Gasteiger partial charge < -0.3 is 34.4 Å². The standard InChI is InChI=1S/C33H35N3O6.CH2O2/c1-22(37)34-21-31(38)35-12-3-15-40-27-5-2-4-25(20-27)32-29-8-7-28(41-17-14-35)19-23(29)10-13-36(32)33(39)26-6-9-30-24(18-26)11-16-42-30;2-1-3/h2,4-9,18-20,32H,3,10-17,21H2,1H3,(H,34,37);1H,(H,2,3). The Morgan fingerprint density at radius 3 is 2.51 bits per heavy atom. The fraction of sp³-hybridized carbons (Fsp3) is 0.353. The number of fused-ring (bicyclic) bond motifs is 9. The van der Waals surface area contributed by atoms with E-state index in [2.05, 4.69) is 5.32 Å². The summed E-state index contributed by atoms with van der Waals surface area (Å²) in [5, 5.41) is 9.47. The van der Waals surface area contributed by atoms with E-state index in [9.17, 15) is 14.4 Å². The van der Waals surface area contributed by atoms with Gasteiger partial charge in [0.1, 0.15) is 23.9 Å². The molecule has 0 spiro atoms. The summed E-state index contributed by atoms with van der Waals surface area (Å²) in [6, 6.07) is 19.4. The van der Waals surface area contributed by atoms with E-state index in [1.54, 1.807) is 4.90 Å². The average molecular weight is 616 g/mol. The van der Waals surface area contributed by atoms with Crippen molar-refractivity contribution in [1.82, 2.24) is 15.1 Å². The van der Waals surface area contributed by atoms with Crippen molar-refractivity contribution in [1.29, 1.82) is 0 Å². The molecule has 11 heteroatoms. The van der Waals surface area contributed by atoms with Gasteiger partial charge in [0, 0.05) is 32.0 Å². The number of carbonyl (C=O) groups is 4. The summed E-state index contributed by atoms with van der Waals surface area (Å²) >= 11 is 0. The molecule has 0 fully saturated rings. The minimum absolute atomic E-state index is 0.00887. The summed E-state index contributed by atoms with van der Waals surface area (Å²) < 4.78 is 17.9. The third kappa shape index (κ3) is 7.54. The first kappa shape index (κ1) is 31.4. The molecule has 0 saturated carbocycles.